The molecule has 2 unspecified atom stereocenters. The van der Waals surface area contributed by atoms with Crippen LogP contribution in [0.15, 0.2) is 30.5 Å². The average Bonchev–Trinajstić information content (AvgIpc) is 3.11. The van der Waals surface area contributed by atoms with E-state index >= 15 is 0 Å². The van der Waals surface area contributed by atoms with Crippen LogP contribution in [-0.2, 0) is 23.0 Å². The van der Waals surface area contributed by atoms with Crippen LogP contribution >= 0.6 is 0 Å². The van der Waals surface area contributed by atoms with E-state index in [1.807, 2.05) is 17.9 Å². The molecule has 0 saturated carbocycles. The van der Waals surface area contributed by atoms with Gasteiger partial charge in [0.15, 0.2) is 0 Å². The van der Waals surface area contributed by atoms with Crippen LogP contribution in [-0.4, -0.2) is 58.6 Å². The molecule has 1 aliphatic rings. The van der Waals surface area contributed by atoms with Gasteiger partial charge >= 0.3 is 0 Å². The number of aryl methyl sites for hydroxylation is 1. The van der Waals surface area contributed by atoms with Crippen LogP contribution < -0.4 is 5.32 Å². The maximum atomic E-state index is 13.6. The zero-order chi connectivity index (χ0) is 19.2. The van der Waals surface area contributed by atoms with Gasteiger partial charge in [-0.3, -0.25) is 4.79 Å². The number of carbonyl (C=O) groups is 1. The highest BCUT2D eigenvalue weighted by Crippen LogP contribution is 2.16. The van der Waals surface area contributed by atoms with Crippen molar-refractivity contribution >= 4 is 5.91 Å². The van der Waals surface area contributed by atoms with Gasteiger partial charge in [0.2, 0.25) is 5.91 Å². The Balaban J connectivity index is 1.69. The number of hydrogen-bond donors (Lipinski definition) is 1. The SMILES string of the molecule is CC(NCC(Cc1cccc(F)c1)C(=O)N1CCOCC1)c1cnn(C)n1. The van der Waals surface area contributed by atoms with Gasteiger partial charge in [0.05, 0.1) is 37.1 Å². The number of nitrogens with one attached hydrogen (secondary N) is 1. The summed E-state index contributed by atoms with van der Waals surface area (Å²) in [5, 5.41) is 11.8. The van der Waals surface area contributed by atoms with Crippen molar-refractivity contribution in [3.8, 4) is 0 Å². The lowest BCUT2D eigenvalue weighted by atomic mass is 9.97. The predicted octanol–water partition coefficient (Wildman–Crippen LogP) is 1.32. The Morgan fingerprint density at radius 3 is 2.81 bits per heavy atom. The third kappa shape index (κ3) is 5.33. The first-order chi connectivity index (χ1) is 13.0. The number of carbonyl (C=O) groups excluding carboxylic acids is 1. The second-order valence-electron chi connectivity index (χ2n) is 6.86. The fourth-order valence-corrected chi connectivity index (χ4v) is 3.22. The van der Waals surface area contributed by atoms with E-state index in [0.29, 0.717) is 39.3 Å². The maximum Gasteiger partial charge on any atom is 0.227 e. The second-order valence-corrected chi connectivity index (χ2v) is 6.86. The molecule has 0 bridgehead atoms. The molecule has 0 aliphatic carbocycles. The van der Waals surface area contributed by atoms with Gasteiger partial charge in [0.25, 0.3) is 0 Å². The summed E-state index contributed by atoms with van der Waals surface area (Å²) < 4.78 is 18.9. The number of amides is 1. The molecule has 2 aromatic rings. The van der Waals surface area contributed by atoms with Crippen molar-refractivity contribution in [2.24, 2.45) is 13.0 Å². The third-order valence-corrected chi connectivity index (χ3v) is 4.77. The van der Waals surface area contributed by atoms with Crippen LogP contribution in [0, 0.1) is 11.7 Å². The van der Waals surface area contributed by atoms with Gasteiger partial charge in [-0.05, 0) is 31.0 Å². The molecular formula is C19H26FN5O2. The van der Waals surface area contributed by atoms with Gasteiger partial charge in [0.1, 0.15) is 5.82 Å². The number of hydrogen-bond acceptors (Lipinski definition) is 5. The molecule has 0 spiro atoms. The third-order valence-electron chi connectivity index (χ3n) is 4.77. The molecule has 146 valence electrons. The minimum atomic E-state index is -0.288. The largest absolute Gasteiger partial charge is 0.378 e. The van der Waals surface area contributed by atoms with Crippen molar-refractivity contribution < 1.29 is 13.9 Å². The Bertz CT molecular complexity index is 760. The highest BCUT2D eigenvalue weighted by Gasteiger charge is 2.27. The molecule has 1 aromatic heterocycles. The van der Waals surface area contributed by atoms with Crippen LogP contribution in [0.2, 0.25) is 0 Å². The molecule has 7 nitrogen and oxygen atoms in total. The molecule has 1 saturated heterocycles. The van der Waals surface area contributed by atoms with Gasteiger partial charge in [-0.15, -0.1) is 0 Å². The molecule has 1 fully saturated rings. The summed E-state index contributed by atoms with van der Waals surface area (Å²) in [6.07, 6.45) is 2.19. The van der Waals surface area contributed by atoms with Gasteiger partial charge in [0, 0.05) is 26.7 Å². The summed E-state index contributed by atoms with van der Waals surface area (Å²) in [6.45, 7) is 4.77. The molecule has 8 heteroatoms. The summed E-state index contributed by atoms with van der Waals surface area (Å²) in [5.41, 5.74) is 1.64. The van der Waals surface area contributed by atoms with Gasteiger partial charge in [-0.25, -0.2) is 4.39 Å². The summed E-state index contributed by atoms with van der Waals surface area (Å²) in [6, 6.07) is 6.40. The summed E-state index contributed by atoms with van der Waals surface area (Å²) in [4.78, 5) is 16.4. The van der Waals surface area contributed by atoms with Crippen LogP contribution in [0.5, 0.6) is 0 Å². The molecule has 27 heavy (non-hydrogen) atoms. The van der Waals surface area contributed by atoms with E-state index in [9.17, 15) is 9.18 Å². The number of ether oxygens (including phenoxy) is 1. The van der Waals surface area contributed by atoms with E-state index in [2.05, 4.69) is 15.5 Å². The van der Waals surface area contributed by atoms with E-state index in [1.165, 1.54) is 16.9 Å². The zero-order valence-corrected chi connectivity index (χ0v) is 15.8. The van der Waals surface area contributed by atoms with Gasteiger partial charge in [-0.2, -0.15) is 15.0 Å². The highest BCUT2D eigenvalue weighted by atomic mass is 19.1. The van der Waals surface area contributed by atoms with E-state index in [1.54, 1.807) is 19.3 Å². The first-order valence-electron chi connectivity index (χ1n) is 9.23. The number of halogens is 1. The summed E-state index contributed by atoms with van der Waals surface area (Å²) >= 11 is 0. The van der Waals surface area contributed by atoms with E-state index < -0.39 is 0 Å². The molecule has 1 aliphatic heterocycles. The van der Waals surface area contributed by atoms with E-state index in [0.717, 1.165) is 11.3 Å². The van der Waals surface area contributed by atoms with Crippen LogP contribution in [0.3, 0.4) is 0 Å². The standard InChI is InChI=1S/C19H26FN5O2/c1-14(18-13-22-24(2)23-18)21-12-16(10-15-4-3-5-17(20)11-15)19(26)25-6-8-27-9-7-25/h3-5,11,13-14,16,21H,6-10,12H2,1-2H3. The van der Waals surface area contributed by atoms with Crippen molar-refractivity contribution in [3.63, 3.8) is 0 Å². The van der Waals surface area contributed by atoms with E-state index in [4.69, 9.17) is 4.74 Å². The van der Waals surface area contributed by atoms with Crippen LogP contribution in [0.1, 0.15) is 24.2 Å². The Morgan fingerprint density at radius 2 is 2.15 bits per heavy atom. The average molecular weight is 375 g/mol. The number of benzene rings is 1. The second kappa shape index (κ2) is 9.05. The highest BCUT2D eigenvalue weighted by molar-refractivity contribution is 5.79. The minimum absolute atomic E-state index is 0.0359. The topological polar surface area (TPSA) is 72.3 Å². The van der Waals surface area contributed by atoms with Crippen LogP contribution in [0.25, 0.3) is 0 Å². The predicted molar refractivity (Wildman–Crippen MR) is 98.4 cm³/mol. The van der Waals surface area contributed by atoms with Crippen molar-refractivity contribution in [2.75, 3.05) is 32.8 Å². The van der Waals surface area contributed by atoms with Crippen molar-refractivity contribution in [2.45, 2.75) is 19.4 Å². The fourth-order valence-electron chi connectivity index (χ4n) is 3.22. The molecule has 1 amide bonds. The fraction of sp³-hybridized carbons (Fsp3) is 0.526. The molecule has 2 atom stereocenters. The zero-order valence-electron chi connectivity index (χ0n) is 15.8. The van der Waals surface area contributed by atoms with E-state index in [-0.39, 0.29) is 23.7 Å². The molecule has 1 N–H and O–H groups in total. The van der Waals surface area contributed by atoms with Crippen molar-refractivity contribution in [1.29, 1.82) is 0 Å². The minimum Gasteiger partial charge on any atom is -0.378 e. The Kier molecular flexibility index (Phi) is 6.52. The van der Waals surface area contributed by atoms with Crippen molar-refractivity contribution in [1.82, 2.24) is 25.2 Å². The maximum absolute atomic E-state index is 13.6. The number of nitrogens with zero attached hydrogens (tertiary/aromatic N) is 4. The van der Waals surface area contributed by atoms with Gasteiger partial charge < -0.3 is 15.0 Å². The number of aromatic nitrogens is 3. The number of rotatable bonds is 7. The molecule has 1 aromatic carbocycles. The lowest BCUT2D eigenvalue weighted by molar-refractivity contribution is -0.139. The molecule has 3 rings (SSSR count). The van der Waals surface area contributed by atoms with Crippen LogP contribution in [0.4, 0.5) is 4.39 Å². The summed E-state index contributed by atoms with van der Waals surface area (Å²) in [5.74, 6) is -0.503. The molecule has 0 radical (unpaired) electrons. The quantitative estimate of drug-likeness (QED) is 0.790. The van der Waals surface area contributed by atoms with Crippen molar-refractivity contribution in [3.05, 3.63) is 47.5 Å². The first kappa shape index (κ1) is 19.4. The smallest absolute Gasteiger partial charge is 0.227 e. The summed E-state index contributed by atoms with van der Waals surface area (Å²) in [7, 11) is 1.77. The molecule has 2 heterocycles. The first-order valence-corrected chi connectivity index (χ1v) is 9.23. The Morgan fingerprint density at radius 1 is 1.37 bits per heavy atom. The normalized spacial score (nSPS) is 16.9. The van der Waals surface area contributed by atoms with Gasteiger partial charge in [-0.1, -0.05) is 12.1 Å². The number of morpholine rings is 1. The monoisotopic (exact) mass is 375 g/mol. The Labute approximate surface area is 158 Å². The Hall–Kier alpha value is -2.32. The lowest BCUT2D eigenvalue weighted by Gasteiger charge is -2.31. The molecular weight excluding hydrogens is 349 g/mol. The lowest BCUT2D eigenvalue weighted by Crippen LogP contribution is -2.46.